The van der Waals surface area contributed by atoms with E-state index in [4.69, 9.17) is 8.98 Å². The maximum Gasteiger partial charge on any atom is 0.265 e. The summed E-state index contributed by atoms with van der Waals surface area (Å²) < 4.78 is 38.6. The number of benzene rings is 2. The molecule has 4 nitrogen and oxygen atoms in total. The average molecular weight is 447 g/mol. The quantitative estimate of drug-likeness (QED) is 0.510. The van der Waals surface area contributed by atoms with E-state index < -0.39 is 18.4 Å². The molecular formula is C24H34O4SSi. The molecular weight excluding hydrogens is 412 g/mol. The third kappa shape index (κ3) is 5.41. The minimum atomic E-state index is -3.89. The monoisotopic (exact) mass is 446 g/mol. The smallest absolute Gasteiger partial charge is 0.265 e. The van der Waals surface area contributed by atoms with Crippen LogP contribution in [0.15, 0.2) is 60.7 Å². The van der Waals surface area contributed by atoms with Crippen molar-refractivity contribution in [1.82, 2.24) is 0 Å². The lowest BCUT2D eigenvalue weighted by Gasteiger charge is -2.44. The fourth-order valence-electron chi connectivity index (χ4n) is 4.87. The van der Waals surface area contributed by atoms with Gasteiger partial charge in [-0.2, -0.15) is 8.42 Å². The van der Waals surface area contributed by atoms with Crippen molar-refractivity contribution in [2.24, 2.45) is 11.8 Å². The SMILES string of the molecule is CC(C)(C)[Si](OCC1CCC(CS(=O)(=O)O)CC1)(c1ccccc1)c1ccccc1. The Balaban J connectivity index is 1.83. The van der Waals surface area contributed by atoms with Crippen LogP contribution in [0.4, 0.5) is 0 Å². The first-order valence-electron chi connectivity index (χ1n) is 10.8. The third-order valence-corrected chi connectivity index (χ3v) is 12.3. The van der Waals surface area contributed by atoms with E-state index in [0.29, 0.717) is 12.5 Å². The summed E-state index contributed by atoms with van der Waals surface area (Å²) in [5, 5.41) is 2.52. The molecule has 1 aliphatic carbocycles. The molecule has 0 radical (unpaired) electrons. The van der Waals surface area contributed by atoms with Crippen LogP contribution in [-0.4, -0.2) is 33.6 Å². The molecule has 1 aliphatic rings. The highest BCUT2D eigenvalue weighted by Crippen LogP contribution is 2.38. The van der Waals surface area contributed by atoms with Gasteiger partial charge in [-0.3, -0.25) is 4.55 Å². The molecule has 0 aliphatic heterocycles. The van der Waals surface area contributed by atoms with E-state index in [1.165, 1.54) is 10.4 Å². The van der Waals surface area contributed by atoms with Crippen molar-refractivity contribution in [3.63, 3.8) is 0 Å². The standard InChI is InChI=1S/C24H34O4SSi/c1-24(2,3)30(22-10-6-4-7-11-22,23-12-8-5-9-13-23)28-18-20-14-16-21(17-15-20)19-29(25,26)27/h4-13,20-21H,14-19H2,1-3H3,(H,25,26,27). The van der Waals surface area contributed by atoms with E-state index in [9.17, 15) is 8.42 Å². The zero-order valence-electron chi connectivity index (χ0n) is 18.3. The van der Waals surface area contributed by atoms with Crippen molar-refractivity contribution < 1.29 is 17.4 Å². The van der Waals surface area contributed by atoms with E-state index in [0.717, 1.165) is 25.7 Å². The molecule has 1 N–H and O–H groups in total. The highest BCUT2D eigenvalue weighted by Gasteiger charge is 2.50. The van der Waals surface area contributed by atoms with Crippen LogP contribution in [0.3, 0.4) is 0 Å². The number of rotatable bonds is 7. The Morgan fingerprint density at radius 1 is 0.867 bits per heavy atom. The van der Waals surface area contributed by atoms with Gasteiger partial charge in [-0.1, -0.05) is 81.4 Å². The largest absolute Gasteiger partial charge is 0.407 e. The van der Waals surface area contributed by atoms with Crippen molar-refractivity contribution in [3.8, 4) is 0 Å². The molecule has 0 atom stereocenters. The minimum absolute atomic E-state index is 0.0438. The van der Waals surface area contributed by atoms with Gasteiger partial charge in [0.2, 0.25) is 0 Å². The lowest BCUT2D eigenvalue weighted by molar-refractivity contribution is 0.179. The predicted octanol–water partition coefficient (Wildman–Crippen LogP) is 4.26. The zero-order valence-corrected chi connectivity index (χ0v) is 20.1. The van der Waals surface area contributed by atoms with Gasteiger partial charge in [-0.25, -0.2) is 0 Å². The molecule has 30 heavy (non-hydrogen) atoms. The first-order valence-corrected chi connectivity index (χ1v) is 14.3. The van der Waals surface area contributed by atoms with Crippen LogP contribution in [0, 0.1) is 11.8 Å². The molecule has 2 aromatic rings. The van der Waals surface area contributed by atoms with Crippen LogP contribution in [0.1, 0.15) is 46.5 Å². The second-order valence-electron chi connectivity index (χ2n) is 9.61. The predicted molar refractivity (Wildman–Crippen MR) is 125 cm³/mol. The highest BCUT2D eigenvalue weighted by molar-refractivity contribution is 7.85. The minimum Gasteiger partial charge on any atom is -0.407 e. The molecule has 0 aromatic heterocycles. The van der Waals surface area contributed by atoms with Crippen LogP contribution in [-0.2, 0) is 14.5 Å². The molecule has 0 spiro atoms. The summed E-state index contributed by atoms with van der Waals surface area (Å²) in [6, 6.07) is 21.3. The molecule has 3 rings (SSSR count). The van der Waals surface area contributed by atoms with Crippen molar-refractivity contribution >= 4 is 28.8 Å². The Morgan fingerprint density at radius 2 is 1.30 bits per heavy atom. The maximum absolute atomic E-state index is 11.2. The molecule has 0 heterocycles. The van der Waals surface area contributed by atoms with Crippen LogP contribution in [0.25, 0.3) is 0 Å². The van der Waals surface area contributed by atoms with Crippen LogP contribution in [0.5, 0.6) is 0 Å². The van der Waals surface area contributed by atoms with E-state index in [2.05, 4.69) is 69.3 Å². The van der Waals surface area contributed by atoms with Gasteiger partial charge < -0.3 is 4.43 Å². The molecule has 6 heteroatoms. The Morgan fingerprint density at radius 3 is 1.70 bits per heavy atom. The van der Waals surface area contributed by atoms with E-state index >= 15 is 0 Å². The molecule has 0 saturated heterocycles. The van der Waals surface area contributed by atoms with E-state index in [1.54, 1.807) is 0 Å². The number of hydrogen-bond acceptors (Lipinski definition) is 3. The highest BCUT2D eigenvalue weighted by atomic mass is 32.2. The van der Waals surface area contributed by atoms with Gasteiger partial charge >= 0.3 is 0 Å². The Bertz CT molecular complexity index is 860. The zero-order chi connectivity index (χ0) is 21.8. The van der Waals surface area contributed by atoms with Crippen molar-refractivity contribution in [1.29, 1.82) is 0 Å². The normalized spacial score (nSPS) is 20.8. The van der Waals surface area contributed by atoms with Gasteiger partial charge in [-0.15, -0.1) is 0 Å². The summed E-state index contributed by atoms with van der Waals surface area (Å²) in [7, 11) is -6.42. The van der Waals surface area contributed by atoms with Gasteiger partial charge in [0.05, 0.1) is 5.75 Å². The van der Waals surface area contributed by atoms with Crippen molar-refractivity contribution in [3.05, 3.63) is 60.7 Å². The van der Waals surface area contributed by atoms with E-state index in [1.807, 2.05) is 12.1 Å². The number of hydrogen-bond donors (Lipinski definition) is 1. The fraction of sp³-hybridized carbons (Fsp3) is 0.500. The van der Waals surface area contributed by atoms with Crippen LogP contribution < -0.4 is 10.4 Å². The Hall–Kier alpha value is -1.47. The topological polar surface area (TPSA) is 63.6 Å². The summed E-state index contributed by atoms with van der Waals surface area (Å²) in [5.74, 6) is 0.364. The summed E-state index contributed by atoms with van der Waals surface area (Å²) >= 11 is 0. The Labute approximate surface area is 182 Å². The van der Waals surface area contributed by atoms with Gasteiger partial charge in [0.1, 0.15) is 0 Å². The second kappa shape index (κ2) is 9.35. The third-order valence-electron chi connectivity index (χ3n) is 6.37. The second-order valence-corrected chi connectivity index (χ2v) is 15.4. The van der Waals surface area contributed by atoms with Gasteiger partial charge in [-0.05, 0) is 52.9 Å². The summed E-state index contributed by atoms with van der Waals surface area (Å²) in [6.07, 6.45) is 3.54. The fourth-order valence-corrected chi connectivity index (χ4v) is 10.4. The average Bonchev–Trinajstić information content (AvgIpc) is 2.69. The lowest BCUT2D eigenvalue weighted by Crippen LogP contribution is -2.67. The first-order chi connectivity index (χ1) is 14.1. The molecule has 1 saturated carbocycles. The summed E-state index contributed by atoms with van der Waals surface area (Å²) in [5.41, 5.74) is 0. The lowest BCUT2D eigenvalue weighted by atomic mass is 9.83. The molecule has 0 unspecified atom stereocenters. The Kier molecular flexibility index (Phi) is 7.23. The van der Waals surface area contributed by atoms with Crippen molar-refractivity contribution in [2.45, 2.75) is 51.5 Å². The van der Waals surface area contributed by atoms with Crippen molar-refractivity contribution in [2.75, 3.05) is 12.4 Å². The van der Waals surface area contributed by atoms with Gasteiger partial charge in [0.15, 0.2) is 0 Å². The van der Waals surface area contributed by atoms with Crippen LogP contribution in [0.2, 0.25) is 5.04 Å². The first kappa shape index (κ1) is 23.2. The summed E-state index contributed by atoms with van der Waals surface area (Å²) in [6.45, 7) is 7.53. The van der Waals surface area contributed by atoms with Crippen LogP contribution >= 0.6 is 0 Å². The molecule has 0 amide bonds. The van der Waals surface area contributed by atoms with E-state index in [-0.39, 0.29) is 16.7 Å². The van der Waals surface area contributed by atoms with Gasteiger partial charge in [0, 0.05) is 6.61 Å². The molecule has 2 aromatic carbocycles. The van der Waals surface area contributed by atoms with Gasteiger partial charge in [0.25, 0.3) is 18.4 Å². The molecule has 1 fully saturated rings. The molecule has 164 valence electrons. The maximum atomic E-state index is 11.2. The summed E-state index contributed by atoms with van der Waals surface area (Å²) in [4.78, 5) is 0. The molecule has 0 bridgehead atoms.